The molecule has 0 bridgehead atoms. The smallest absolute Gasteiger partial charge is 0.119 e. The Labute approximate surface area is 77.5 Å². The summed E-state index contributed by atoms with van der Waals surface area (Å²) in [7, 11) is 0. The number of benzene rings is 1. The van der Waals surface area contributed by atoms with Crippen LogP contribution in [0.5, 0.6) is 5.75 Å². The van der Waals surface area contributed by atoms with E-state index in [1.807, 2.05) is 6.07 Å². The lowest BCUT2D eigenvalue weighted by atomic mass is 9.88. The molecular formula is C10H14N2O. The summed E-state index contributed by atoms with van der Waals surface area (Å²) < 4.78 is 0. The van der Waals surface area contributed by atoms with Crippen molar-refractivity contribution in [2.45, 2.75) is 25.3 Å². The van der Waals surface area contributed by atoms with E-state index in [-0.39, 0.29) is 0 Å². The second-order valence-corrected chi connectivity index (χ2v) is 3.52. The van der Waals surface area contributed by atoms with Crippen LogP contribution in [0.15, 0.2) is 18.2 Å². The molecule has 0 radical (unpaired) electrons. The third kappa shape index (κ3) is 1.53. The van der Waals surface area contributed by atoms with Gasteiger partial charge in [-0.1, -0.05) is 12.1 Å². The van der Waals surface area contributed by atoms with Crippen molar-refractivity contribution in [3.63, 3.8) is 0 Å². The first-order valence-electron chi connectivity index (χ1n) is 4.57. The zero-order chi connectivity index (χ0) is 9.26. The second kappa shape index (κ2) is 3.36. The molecule has 1 aliphatic rings. The van der Waals surface area contributed by atoms with Gasteiger partial charge in [-0.3, -0.25) is 11.3 Å². The first-order chi connectivity index (χ1) is 6.31. The SMILES string of the molecule is NNC1CCc2cccc(O)c2C1. The summed E-state index contributed by atoms with van der Waals surface area (Å²) in [5, 5.41) is 9.60. The fourth-order valence-electron chi connectivity index (χ4n) is 1.91. The van der Waals surface area contributed by atoms with Crippen LogP contribution in [0.4, 0.5) is 0 Å². The van der Waals surface area contributed by atoms with E-state index in [9.17, 15) is 5.11 Å². The lowest BCUT2D eigenvalue weighted by Gasteiger charge is -2.24. The zero-order valence-electron chi connectivity index (χ0n) is 7.46. The van der Waals surface area contributed by atoms with Gasteiger partial charge in [-0.2, -0.15) is 0 Å². The third-order valence-corrected chi connectivity index (χ3v) is 2.70. The Hall–Kier alpha value is -1.06. The summed E-state index contributed by atoms with van der Waals surface area (Å²) in [5.41, 5.74) is 5.07. The van der Waals surface area contributed by atoms with E-state index in [1.165, 1.54) is 5.56 Å². The molecule has 13 heavy (non-hydrogen) atoms. The van der Waals surface area contributed by atoms with Crippen LogP contribution >= 0.6 is 0 Å². The van der Waals surface area contributed by atoms with Crippen LogP contribution in [0.1, 0.15) is 17.5 Å². The summed E-state index contributed by atoms with van der Waals surface area (Å²) in [4.78, 5) is 0. The fourth-order valence-corrected chi connectivity index (χ4v) is 1.91. The van der Waals surface area contributed by atoms with E-state index < -0.39 is 0 Å². The van der Waals surface area contributed by atoms with Gasteiger partial charge in [0.15, 0.2) is 0 Å². The molecule has 3 heteroatoms. The normalized spacial score (nSPS) is 21.2. The molecule has 0 fully saturated rings. The molecule has 1 atom stereocenters. The third-order valence-electron chi connectivity index (χ3n) is 2.70. The van der Waals surface area contributed by atoms with E-state index >= 15 is 0 Å². The number of nitrogens with one attached hydrogen (secondary N) is 1. The standard InChI is InChI=1S/C10H14N2O/c11-12-8-5-4-7-2-1-3-10(13)9(7)6-8/h1-3,8,12-13H,4-6,11H2. The van der Waals surface area contributed by atoms with E-state index in [0.29, 0.717) is 11.8 Å². The largest absolute Gasteiger partial charge is 0.508 e. The van der Waals surface area contributed by atoms with Gasteiger partial charge in [-0.15, -0.1) is 0 Å². The van der Waals surface area contributed by atoms with Crippen molar-refractivity contribution in [2.75, 3.05) is 0 Å². The first kappa shape index (κ1) is 8.53. The molecule has 0 aliphatic heterocycles. The van der Waals surface area contributed by atoms with Gasteiger partial charge in [0, 0.05) is 6.04 Å². The number of nitrogens with two attached hydrogens (primary N) is 1. The molecular weight excluding hydrogens is 164 g/mol. The summed E-state index contributed by atoms with van der Waals surface area (Å²) in [6, 6.07) is 6.00. The number of hydrogen-bond acceptors (Lipinski definition) is 3. The van der Waals surface area contributed by atoms with Crippen molar-refractivity contribution in [1.29, 1.82) is 0 Å². The summed E-state index contributed by atoms with van der Waals surface area (Å²) in [6.07, 6.45) is 2.88. The molecule has 1 aliphatic carbocycles. The lowest BCUT2D eigenvalue weighted by molar-refractivity contribution is 0.432. The maximum Gasteiger partial charge on any atom is 0.119 e. The molecule has 0 saturated heterocycles. The average molecular weight is 178 g/mol. The van der Waals surface area contributed by atoms with Gasteiger partial charge in [0.05, 0.1) is 0 Å². The van der Waals surface area contributed by atoms with Gasteiger partial charge in [-0.25, -0.2) is 0 Å². The Morgan fingerprint density at radius 2 is 2.31 bits per heavy atom. The van der Waals surface area contributed by atoms with Crippen LogP contribution in [0.3, 0.4) is 0 Å². The number of hydrogen-bond donors (Lipinski definition) is 3. The second-order valence-electron chi connectivity index (χ2n) is 3.52. The van der Waals surface area contributed by atoms with Crippen LogP contribution < -0.4 is 11.3 Å². The molecule has 2 rings (SSSR count). The quantitative estimate of drug-likeness (QED) is 0.438. The van der Waals surface area contributed by atoms with Crippen LogP contribution in [-0.2, 0) is 12.8 Å². The molecule has 3 nitrogen and oxygen atoms in total. The highest BCUT2D eigenvalue weighted by Gasteiger charge is 2.19. The van der Waals surface area contributed by atoms with Gasteiger partial charge in [0.25, 0.3) is 0 Å². The first-order valence-corrected chi connectivity index (χ1v) is 4.57. The minimum absolute atomic E-state index is 0.306. The number of rotatable bonds is 1. The minimum atomic E-state index is 0.306. The van der Waals surface area contributed by atoms with E-state index in [2.05, 4.69) is 11.5 Å². The van der Waals surface area contributed by atoms with Crippen molar-refractivity contribution >= 4 is 0 Å². The summed E-state index contributed by atoms with van der Waals surface area (Å²) in [6.45, 7) is 0. The number of fused-ring (bicyclic) bond motifs is 1. The lowest BCUT2D eigenvalue weighted by Crippen LogP contribution is -2.39. The highest BCUT2D eigenvalue weighted by atomic mass is 16.3. The van der Waals surface area contributed by atoms with Crippen molar-refractivity contribution in [3.8, 4) is 5.75 Å². The van der Waals surface area contributed by atoms with Gasteiger partial charge in [0.2, 0.25) is 0 Å². The molecule has 1 aromatic carbocycles. The Balaban J connectivity index is 2.32. The number of aryl methyl sites for hydroxylation is 1. The van der Waals surface area contributed by atoms with Gasteiger partial charge >= 0.3 is 0 Å². The molecule has 1 unspecified atom stereocenters. The summed E-state index contributed by atoms with van der Waals surface area (Å²) >= 11 is 0. The van der Waals surface area contributed by atoms with E-state index in [1.54, 1.807) is 6.07 Å². The Kier molecular flexibility index (Phi) is 2.20. The molecule has 0 heterocycles. The molecule has 70 valence electrons. The average Bonchev–Trinajstić information content (AvgIpc) is 2.18. The molecule has 1 aromatic rings. The number of aromatic hydroxyl groups is 1. The topological polar surface area (TPSA) is 58.3 Å². The van der Waals surface area contributed by atoms with Crippen molar-refractivity contribution in [1.82, 2.24) is 5.43 Å². The zero-order valence-corrected chi connectivity index (χ0v) is 7.46. The Morgan fingerprint density at radius 1 is 1.46 bits per heavy atom. The number of hydrazine groups is 1. The maximum absolute atomic E-state index is 9.60. The fraction of sp³-hybridized carbons (Fsp3) is 0.400. The maximum atomic E-state index is 9.60. The van der Waals surface area contributed by atoms with Gasteiger partial charge in [0.1, 0.15) is 5.75 Å². The molecule has 0 amide bonds. The highest BCUT2D eigenvalue weighted by molar-refractivity contribution is 5.41. The monoisotopic (exact) mass is 178 g/mol. The van der Waals surface area contributed by atoms with Crippen LogP contribution in [0.2, 0.25) is 0 Å². The summed E-state index contributed by atoms with van der Waals surface area (Å²) in [5.74, 6) is 5.78. The van der Waals surface area contributed by atoms with Crippen molar-refractivity contribution < 1.29 is 5.11 Å². The number of phenolic OH excluding ortho intramolecular Hbond substituents is 1. The highest BCUT2D eigenvalue weighted by Crippen LogP contribution is 2.28. The van der Waals surface area contributed by atoms with Crippen molar-refractivity contribution in [2.24, 2.45) is 5.84 Å². The predicted molar refractivity (Wildman–Crippen MR) is 51.2 cm³/mol. The van der Waals surface area contributed by atoms with E-state index in [0.717, 1.165) is 24.8 Å². The van der Waals surface area contributed by atoms with Crippen molar-refractivity contribution in [3.05, 3.63) is 29.3 Å². The molecule has 0 saturated carbocycles. The minimum Gasteiger partial charge on any atom is -0.508 e. The van der Waals surface area contributed by atoms with Gasteiger partial charge in [-0.05, 0) is 36.5 Å². The van der Waals surface area contributed by atoms with E-state index in [4.69, 9.17) is 5.84 Å². The Morgan fingerprint density at radius 3 is 3.08 bits per heavy atom. The molecule has 0 aromatic heterocycles. The van der Waals surface area contributed by atoms with Gasteiger partial charge < -0.3 is 5.11 Å². The van der Waals surface area contributed by atoms with Crippen LogP contribution in [0.25, 0.3) is 0 Å². The molecule has 4 N–H and O–H groups in total. The predicted octanol–water partition coefficient (Wildman–Crippen LogP) is 0.713. The number of phenols is 1. The van der Waals surface area contributed by atoms with Crippen LogP contribution in [0, 0.1) is 0 Å². The molecule has 0 spiro atoms. The Bertz CT molecular complexity index is 312. The van der Waals surface area contributed by atoms with Crippen LogP contribution in [-0.4, -0.2) is 11.1 Å².